The zero-order valence-corrected chi connectivity index (χ0v) is 17.9. The minimum Gasteiger partial charge on any atom is -0.491 e. The van der Waals surface area contributed by atoms with E-state index >= 15 is 0 Å². The number of rotatable bonds is 9. The SMILES string of the molecule is Cc1cccc(OCCn2c(CCCNC(=O)c3ccco3)nc3ccccc32)c1C. The molecule has 2 aromatic heterocycles. The van der Waals surface area contributed by atoms with E-state index < -0.39 is 0 Å². The van der Waals surface area contributed by atoms with Gasteiger partial charge in [0.1, 0.15) is 18.2 Å². The van der Waals surface area contributed by atoms with Crippen molar-refractivity contribution in [1.82, 2.24) is 14.9 Å². The number of para-hydroxylation sites is 2. The van der Waals surface area contributed by atoms with E-state index in [1.807, 2.05) is 30.3 Å². The molecule has 4 rings (SSSR count). The van der Waals surface area contributed by atoms with Gasteiger partial charge in [0.25, 0.3) is 5.91 Å². The molecule has 0 fully saturated rings. The number of nitrogens with zero attached hydrogens (tertiary/aromatic N) is 2. The summed E-state index contributed by atoms with van der Waals surface area (Å²) in [5.74, 6) is 2.06. The molecule has 0 radical (unpaired) electrons. The van der Waals surface area contributed by atoms with E-state index in [4.69, 9.17) is 14.1 Å². The highest BCUT2D eigenvalue weighted by molar-refractivity contribution is 5.91. The van der Waals surface area contributed by atoms with Crippen LogP contribution in [0.25, 0.3) is 11.0 Å². The topological polar surface area (TPSA) is 69.3 Å². The molecule has 0 saturated heterocycles. The fourth-order valence-electron chi connectivity index (χ4n) is 3.64. The molecular weight excluding hydrogens is 390 g/mol. The number of nitrogens with one attached hydrogen (secondary N) is 1. The third-order valence-corrected chi connectivity index (χ3v) is 5.47. The predicted molar refractivity (Wildman–Crippen MR) is 121 cm³/mol. The van der Waals surface area contributed by atoms with Crippen molar-refractivity contribution in [2.75, 3.05) is 13.2 Å². The van der Waals surface area contributed by atoms with Crippen molar-refractivity contribution in [2.24, 2.45) is 0 Å². The number of carbonyl (C=O) groups excluding carboxylic acids is 1. The summed E-state index contributed by atoms with van der Waals surface area (Å²) < 4.78 is 13.4. The molecule has 0 bridgehead atoms. The smallest absolute Gasteiger partial charge is 0.286 e. The quantitative estimate of drug-likeness (QED) is 0.401. The number of furan rings is 1. The van der Waals surface area contributed by atoms with Crippen molar-refractivity contribution in [2.45, 2.75) is 33.2 Å². The maximum absolute atomic E-state index is 12.0. The Balaban J connectivity index is 1.39. The van der Waals surface area contributed by atoms with E-state index in [2.05, 4.69) is 35.9 Å². The van der Waals surface area contributed by atoms with Gasteiger partial charge in [-0.25, -0.2) is 4.98 Å². The van der Waals surface area contributed by atoms with Crippen LogP contribution in [0.2, 0.25) is 0 Å². The molecule has 0 aliphatic carbocycles. The lowest BCUT2D eigenvalue weighted by Crippen LogP contribution is -2.24. The summed E-state index contributed by atoms with van der Waals surface area (Å²) in [6.45, 7) is 6.00. The molecule has 160 valence electrons. The van der Waals surface area contributed by atoms with Gasteiger partial charge in [0.2, 0.25) is 0 Å². The predicted octanol–water partition coefficient (Wildman–Crippen LogP) is 4.69. The number of aromatic nitrogens is 2. The van der Waals surface area contributed by atoms with Gasteiger partial charge >= 0.3 is 0 Å². The molecule has 2 heterocycles. The Bertz CT molecular complexity index is 1160. The first kappa shape index (κ1) is 20.7. The fourth-order valence-corrected chi connectivity index (χ4v) is 3.64. The molecule has 0 spiro atoms. The Hall–Kier alpha value is -3.54. The van der Waals surface area contributed by atoms with Crippen LogP contribution >= 0.6 is 0 Å². The van der Waals surface area contributed by atoms with Gasteiger partial charge in [-0.3, -0.25) is 4.79 Å². The second-order valence-corrected chi connectivity index (χ2v) is 7.55. The zero-order chi connectivity index (χ0) is 21.6. The summed E-state index contributed by atoms with van der Waals surface area (Å²) in [4.78, 5) is 16.8. The van der Waals surface area contributed by atoms with E-state index in [0.29, 0.717) is 25.5 Å². The van der Waals surface area contributed by atoms with Crippen LogP contribution in [0.4, 0.5) is 0 Å². The van der Waals surface area contributed by atoms with Crippen molar-refractivity contribution in [3.63, 3.8) is 0 Å². The van der Waals surface area contributed by atoms with E-state index in [1.54, 1.807) is 12.1 Å². The third kappa shape index (κ3) is 4.79. The van der Waals surface area contributed by atoms with Gasteiger partial charge in [-0.15, -0.1) is 0 Å². The molecule has 0 saturated carbocycles. The number of hydrogen-bond acceptors (Lipinski definition) is 4. The number of hydrogen-bond donors (Lipinski definition) is 1. The fraction of sp³-hybridized carbons (Fsp3) is 0.280. The summed E-state index contributed by atoms with van der Waals surface area (Å²) in [7, 11) is 0. The second kappa shape index (κ2) is 9.51. The van der Waals surface area contributed by atoms with Gasteiger partial charge < -0.3 is 19.0 Å². The van der Waals surface area contributed by atoms with Crippen LogP contribution in [0, 0.1) is 13.8 Å². The Morgan fingerprint density at radius 3 is 2.81 bits per heavy atom. The number of carbonyl (C=O) groups is 1. The summed E-state index contributed by atoms with van der Waals surface area (Å²) in [6.07, 6.45) is 3.04. The lowest BCUT2D eigenvalue weighted by atomic mass is 10.1. The van der Waals surface area contributed by atoms with Gasteiger partial charge in [0.05, 0.1) is 23.8 Å². The molecule has 31 heavy (non-hydrogen) atoms. The first-order chi connectivity index (χ1) is 15.1. The van der Waals surface area contributed by atoms with Crippen molar-refractivity contribution in [3.05, 3.63) is 83.6 Å². The maximum atomic E-state index is 12.0. The first-order valence-electron chi connectivity index (χ1n) is 10.6. The zero-order valence-electron chi connectivity index (χ0n) is 17.9. The molecule has 0 atom stereocenters. The van der Waals surface area contributed by atoms with Gasteiger partial charge in [-0.2, -0.15) is 0 Å². The average molecular weight is 418 g/mol. The average Bonchev–Trinajstić information content (AvgIpc) is 3.43. The number of imidazole rings is 1. The highest BCUT2D eigenvalue weighted by atomic mass is 16.5. The second-order valence-electron chi connectivity index (χ2n) is 7.55. The Morgan fingerprint density at radius 2 is 1.97 bits per heavy atom. The Morgan fingerprint density at radius 1 is 1.10 bits per heavy atom. The molecule has 1 N–H and O–H groups in total. The van der Waals surface area contributed by atoms with Gasteiger partial charge in [-0.1, -0.05) is 24.3 Å². The van der Waals surface area contributed by atoms with Crippen LogP contribution < -0.4 is 10.1 Å². The van der Waals surface area contributed by atoms with Crippen LogP contribution in [0.15, 0.2) is 65.3 Å². The molecule has 6 nitrogen and oxygen atoms in total. The van der Waals surface area contributed by atoms with E-state index in [-0.39, 0.29) is 5.91 Å². The number of aryl methyl sites for hydroxylation is 2. The largest absolute Gasteiger partial charge is 0.491 e. The summed E-state index contributed by atoms with van der Waals surface area (Å²) in [5, 5.41) is 2.89. The molecule has 1 amide bonds. The standard InChI is InChI=1S/C25H27N3O3/c1-18-8-5-11-22(19(18)2)31-17-15-28-21-10-4-3-9-20(21)27-24(28)13-6-14-26-25(29)23-12-7-16-30-23/h3-5,7-12,16H,6,13-15,17H2,1-2H3,(H,26,29). The number of ether oxygens (including phenoxy) is 1. The van der Waals surface area contributed by atoms with E-state index in [1.165, 1.54) is 17.4 Å². The van der Waals surface area contributed by atoms with Crippen molar-refractivity contribution in [1.29, 1.82) is 0 Å². The van der Waals surface area contributed by atoms with Crippen molar-refractivity contribution in [3.8, 4) is 5.75 Å². The van der Waals surface area contributed by atoms with Gasteiger partial charge in [-0.05, 0) is 61.7 Å². The Labute approximate surface area is 181 Å². The normalized spacial score (nSPS) is 11.0. The molecule has 4 aromatic rings. The first-order valence-corrected chi connectivity index (χ1v) is 10.6. The number of amides is 1. The molecule has 2 aromatic carbocycles. The number of fused-ring (bicyclic) bond motifs is 1. The van der Waals surface area contributed by atoms with E-state index in [0.717, 1.165) is 35.4 Å². The molecule has 0 aliphatic rings. The van der Waals surface area contributed by atoms with Crippen LogP contribution in [0.3, 0.4) is 0 Å². The van der Waals surface area contributed by atoms with Crippen LogP contribution in [0.5, 0.6) is 5.75 Å². The molecule has 0 aliphatic heterocycles. The molecule has 0 unspecified atom stereocenters. The van der Waals surface area contributed by atoms with Crippen LogP contribution in [-0.2, 0) is 13.0 Å². The van der Waals surface area contributed by atoms with Gasteiger partial charge in [0, 0.05) is 13.0 Å². The third-order valence-electron chi connectivity index (χ3n) is 5.47. The summed E-state index contributed by atoms with van der Waals surface area (Å²) in [6, 6.07) is 17.6. The minimum absolute atomic E-state index is 0.194. The lowest BCUT2D eigenvalue weighted by Gasteiger charge is -2.13. The van der Waals surface area contributed by atoms with Crippen molar-refractivity contribution >= 4 is 16.9 Å². The number of benzene rings is 2. The highest BCUT2D eigenvalue weighted by Crippen LogP contribution is 2.21. The minimum atomic E-state index is -0.194. The summed E-state index contributed by atoms with van der Waals surface area (Å²) >= 11 is 0. The molecule has 6 heteroatoms. The van der Waals surface area contributed by atoms with Gasteiger partial charge in [0.15, 0.2) is 5.76 Å². The highest BCUT2D eigenvalue weighted by Gasteiger charge is 2.12. The van der Waals surface area contributed by atoms with Crippen LogP contribution in [-0.4, -0.2) is 28.6 Å². The van der Waals surface area contributed by atoms with E-state index in [9.17, 15) is 4.79 Å². The lowest BCUT2D eigenvalue weighted by molar-refractivity contribution is 0.0925. The monoisotopic (exact) mass is 417 g/mol. The summed E-state index contributed by atoms with van der Waals surface area (Å²) in [5.41, 5.74) is 4.47. The Kier molecular flexibility index (Phi) is 6.36. The maximum Gasteiger partial charge on any atom is 0.286 e. The van der Waals surface area contributed by atoms with Crippen molar-refractivity contribution < 1.29 is 13.9 Å². The molecular formula is C25H27N3O3. The van der Waals surface area contributed by atoms with Crippen LogP contribution in [0.1, 0.15) is 33.9 Å².